The van der Waals surface area contributed by atoms with Crippen molar-refractivity contribution in [1.29, 1.82) is 0 Å². The minimum Gasteiger partial charge on any atom is -0.379 e. The molecule has 0 atom stereocenters. The minimum absolute atomic E-state index is 0.175. The number of carbonyl (C=O) groups is 2. The lowest BCUT2D eigenvalue weighted by Crippen LogP contribution is -2.40. The van der Waals surface area contributed by atoms with Crippen LogP contribution in [0.1, 0.15) is 5.56 Å². The van der Waals surface area contributed by atoms with E-state index in [1.165, 1.54) is 58.7 Å². The number of nitrogens with one attached hydrogen (secondary N) is 1. The van der Waals surface area contributed by atoms with Gasteiger partial charge in [0, 0.05) is 31.9 Å². The van der Waals surface area contributed by atoms with E-state index in [1.807, 2.05) is 0 Å². The standard InChI is InChI=1S/C22H24FN3O5S/c1-25(16-21(27)24-19-4-2-3-18(23)15-19)22(28)10-7-17-5-8-20(9-6-17)32(29,30)26-11-13-31-14-12-26/h2-10,15H,11-14,16H2,1H3,(H,24,27). The molecule has 1 heterocycles. The molecular formula is C22H24FN3O5S. The number of anilines is 1. The molecule has 0 spiro atoms. The Labute approximate surface area is 186 Å². The van der Waals surface area contributed by atoms with E-state index in [0.29, 0.717) is 37.6 Å². The van der Waals surface area contributed by atoms with Crippen molar-refractivity contribution in [2.75, 3.05) is 45.2 Å². The molecule has 1 saturated heterocycles. The summed E-state index contributed by atoms with van der Waals surface area (Å²) < 4.78 is 45.0. The quantitative estimate of drug-likeness (QED) is 0.636. The van der Waals surface area contributed by atoms with Gasteiger partial charge in [-0.15, -0.1) is 0 Å². The summed E-state index contributed by atoms with van der Waals surface area (Å²) >= 11 is 0. The maximum atomic E-state index is 13.2. The zero-order valence-electron chi connectivity index (χ0n) is 17.5. The zero-order chi connectivity index (χ0) is 23.1. The number of amides is 2. The number of likely N-dealkylation sites (N-methyl/N-ethyl adjacent to an activating group) is 1. The first-order valence-electron chi connectivity index (χ1n) is 9.92. The molecule has 0 radical (unpaired) electrons. The molecule has 0 aromatic heterocycles. The number of halogens is 1. The summed E-state index contributed by atoms with van der Waals surface area (Å²) in [4.78, 5) is 25.7. The fourth-order valence-corrected chi connectivity index (χ4v) is 4.45. The average Bonchev–Trinajstić information content (AvgIpc) is 2.78. The third-order valence-electron chi connectivity index (χ3n) is 4.77. The van der Waals surface area contributed by atoms with Crippen molar-refractivity contribution in [3.63, 3.8) is 0 Å². The van der Waals surface area contributed by atoms with Gasteiger partial charge >= 0.3 is 0 Å². The Morgan fingerprint density at radius 2 is 1.84 bits per heavy atom. The van der Waals surface area contributed by atoms with E-state index in [1.54, 1.807) is 18.2 Å². The van der Waals surface area contributed by atoms with Crippen LogP contribution in [0.4, 0.5) is 10.1 Å². The molecule has 2 amide bonds. The number of ether oxygens (including phenoxy) is 1. The highest BCUT2D eigenvalue weighted by Gasteiger charge is 2.26. The molecule has 0 unspecified atom stereocenters. The van der Waals surface area contributed by atoms with Crippen molar-refractivity contribution in [3.8, 4) is 0 Å². The zero-order valence-corrected chi connectivity index (χ0v) is 18.3. The predicted molar refractivity (Wildman–Crippen MR) is 118 cm³/mol. The summed E-state index contributed by atoms with van der Waals surface area (Å²) in [5.74, 6) is -1.35. The SMILES string of the molecule is CN(CC(=O)Nc1cccc(F)c1)C(=O)C=Cc1ccc(S(=O)(=O)N2CCOCC2)cc1. The van der Waals surface area contributed by atoms with Crippen LogP contribution in [0.5, 0.6) is 0 Å². The second-order valence-electron chi connectivity index (χ2n) is 7.17. The maximum absolute atomic E-state index is 13.2. The van der Waals surface area contributed by atoms with Crippen molar-refractivity contribution in [1.82, 2.24) is 9.21 Å². The first-order valence-corrected chi connectivity index (χ1v) is 11.4. The number of morpholine rings is 1. The van der Waals surface area contributed by atoms with Crippen LogP contribution in [0.2, 0.25) is 0 Å². The molecule has 2 aromatic rings. The van der Waals surface area contributed by atoms with Gasteiger partial charge in [0.2, 0.25) is 21.8 Å². The van der Waals surface area contributed by atoms with E-state index in [4.69, 9.17) is 4.74 Å². The summed E-state index contributed by atoms with van der Waals surface area (Å²) in [6.45, 7) is 1.16. The molecule has 8 nitrogen and oxygen atoms in total. The van der Waals surface area contributed by atoms with Crippen molar-refractivity contribution in [3.05, 3.63) is 66.0 Å². The van der Waals surface area contributed by atoms with Gasteiger partial charge in [-0.05, 0) is 42.0 Å². The van der Waals surface area contributed by atoms with Crippen molar-refractivity contribution >= 4 is 33.6 Å². The summed E-state index contributed by atoms with van der Waals surface area (Å²) in [7, 11) is -2.11. The topological polar surface area (TPSA) is 96.0 Å². The number of nitrogens with zero attached hydrogens (tertiary/aromatic N) is 2. The number of carbonyl (C=O) groups excluding carboxylic acids is 2. The Kier molecular flexibility index (Phi) is 7.73. The fraction of sp³-hybridized carbons (Fsp3) is 0.273. The Bertz CT molecular complexity index is 1100. The highest BCUT2D eigenvalue weighted by molar-refractivity contribution is 7.89. The van der Waals surface area contributed by atoms with E-state index in [2.05, 4.69) is 5.32 Å². The predicted octanol–water partition coefficient (Wildman–Crippen LogP) is 1.96. The maximum Gasteiger partial charge on any atom is 0.246 e. The van der Waals surface area contributed by atoms with Gasteiger partial charge in [0.05, 0.1) is 24.7 Å². The van der Waals surface area contributed by atoms with Crippen LogP contribution >= 0.6 is 0 Å². The third kappa shape index (κ3) is 6.22. The number of sulfonamides is 1. The monoisotopic (exact) mass is 461 g/mol. The molecular weight excluding hydrogens is 437 g/mol. The lowest BCUT2D eigenvalue weighted by Gasteiger charge is -2.26. The number of benzene rings is 2. The molecule has 2 aromatic carbocycles. The van der Waals surface area contributed by atoms with Gasteiger partial charge in [0.1, 0.15) is 5.82 Å². The first kappa shape index (κ1) is 23.6. The van der Waals surface area contributed by atoms with Crippen LogP contribution in [-0.2, 0) is 24.3 Å². The molecule has 0 aliphatic carbocycles. The average molecular weight is 462 g/mol. The van der Waals surface area contributed by atoms with Gasteiger partial charge in [0.25, 0.3) is 0 Å². The van der Waals surface area contributed by atoms with Gasteiger partial charge in [-0.25, -0.2) is 12.8 Å². The Hall–Kier alpha value is -3.08. The number of hydrogen-bond acceptors (Lipinski definition) is 5. The number of rotatable bonds is 7. The smallest absolute Gasteiger partial charge is 0.246 e. The van der Waals surface area contributed by atoms with Crippen LogP contribution in [0.3, 0.4) is 0 Å². The lowest BCUT2D eigenvalue weighted by molar-refractivity contribution is -0.129. The molecule has 1 aliphatic rings. The van der Waals surface area contributed by atoms with Crippen LogP contribution in [0.25, 0.3) is 6.08 Å². The fourth-order valence-electron chi connectivity index (χ4n) is 3.04. The van der Waals surface area contributed by atoms with Gasteiger partial charge in [-0.2, -0.15) is 4.31 Å². The Morgan fingerprint density at radius 3 is 2.50 bits per heavy atom. The van der Waals surface area contributed by atoms with Crippen LogP contribution < -0.4 is 5.32 Å². The molecule has 1 fully saturated rings. The Morgan fingerprint density at radius 1 is 1.16 bits per heavy atom. The van der Waals surface area contributed by atoms with E-state index < -0.39 is 27.7 Å². The van der Waals surface area contributed by atoms with Crippen molar-refractivity contribution in [2.45, 2.75) is 4.90 Å². The minimum atomic E-state index is -3.58. The van der Waals surface area contributed by atoms with Crippen LogP contribution in [0, 0.1) is 5.82 Å². The normalized spacial score (nSPS) is 14.9. The summed E-state index contributed by atoms with van der Waals surface area (Å²) in [6, 6.07) is 11.7. The molecule has 10 heteroatoms. The van der Waals surface area contributed by atoms with Gasteiger partial charge in [0.15, 0.2) is 0 Å². The summed E-state index contributed by atoms with van der Waals surface area (Å²) in [5, 5.41) is 2.52. The summed E-state index contributed by atoms with van der Waals surface area (Å²) in [5.41, 5.74) is 0.940. The second-order valence-corrected chi connectivity index (χ2v) is 9.11. The molecule has 0 saturated carbocycles. The van der Waals surface area contributed by atoms with E-state index in [9.17, 15) is 22.4 Å². The Balaban J connectivity index is 1.55. The van der Waals surface area contributed by atoms with Crippen LogP contribution in [-0.4, -0.2) is 69.3 Å². The molecule has 1 aliphatic heterocycles. The molecule has 32 heavy (non-hydrogen) atoms. The lowest BCUT2D eigenvalue weighted by atomic mass is 10.2. The second kappa shape index (κ2) is 10.5. The van der Waals surface area contributed by atoms with Crippen molar-refractivity contribution < 1.29 is 27.1 Å². The van der Waals surface area contributed by atoms with Gasteiger partial charge in [-0.1, -0.05) is 18.2 Å². The molecule has 170 valence electrons. The van der Waals surface area contributed by atoms with E-state index in [-0.39, 0.29) is 11.4 Å². The number of hydrogen-bond donors (Lipinski definition) is 1. The molecule has 0 bridgehead atoms. The highest BCUT2D eigenvalue weighted by Crippen LogP contribution is 2.18. The van der Waals surface area contributed by atoms with Crippen LogP contribution in [0.15, 0.2) is 59.5 Å². The molecule has 1 N–H and O–H groups in total. The van der Waals surface area contributed by atoms with E-state index in [0.717, 1.165) is 0 Å². The largest absolute Gasteiger partial charge is 0.379 e. The van der Waals surface area contributed by atoms with Gasteiger partial charge < -0.3 is 15.0 Å². The molecule has 3 rings (SSSR count). The van der Waals surface area contributed by atoms with Crippen molar-refractivity contribution in [2.24, 2.45) is 0 Å². The highest BCUT2D eigenvalue weighted by atomic mass is 32.2. The first-order chi connectivity index (χ1) is 15.3. The van der Waals surface area contributed by atoms with Gasteiger partial charge in [-0.3, -0.25) is 9.59 Å². The van der Waals surface area contributed by atoms with E-state index >= 15 is 0 Å². The summed E-state index contributed by atoms with van der Waals surface area (Å²) in [6.07, 6.45) is 2.83. The third-order valence-corrected chi connectivity index (χ3v) is 6.68.